The Morgan fingerprint density at radius 2 is 0.395 bits per heavy atom. The van der Waals surface area contributed by atoms with Gasteiger partial charge in [0.15, 0.2) is 46.6 Å². The summed E-state index contributed by atoms with van der Waals surface area (Å²) in [5, 5.41) is 5.97. The van der Waals surface area contributed by atoms with Crippen molar-refractivity contribution in [1.82, 2.24) is 79.7 Å². The Bertz CT molecular complexity index is 5220. The third-order valence-electron chi connectivity index (χ3n) is 16.0. The first-order valence-electron chi connectivity index (χ1n) is 27.1. The maximum atomic E-state index is 5.79. The van der Waals surface area contributed by atoms with Crippen LogP contribution in [0.15, 0.2) is 121 Å². The molecule has 0 amide bonds. The van der Waals surface area contributed by atoms with Crippen molar-refractivity contribution < 1.29 is 28.4 Å². The van der Waals surface area contributed by atoms with Gasteiger partial charge in [0.1, 0.15) is 79.7 Å². The second-order valence-electron chi connectivity index (χ2n) is 20.6. The predicted octanol–water partition coefficient (Wildman–Crippen LogP) is 12.1. The van der Waals surface area contributed by atoms with Crippen molar-refractivity contribution >= 4 is 88.3 Å². The molecule has 0 radical (unpaired) electrons. The summed E-state index contributed by atoms with van der Waals surface area (Å²) in [6.07, 6.45) is 0. The molecule has 0 fully saturated rings. The van der Waals surface area contributed by atoms with E-state index in [0.717, 1.165) is 65.3 Å². The molecule has 13 aromatic rings. The van der Waals surface area contributed by atoms with Crippen LogP contribution in [0.25, 0.3) is 179 Å². The highest BCUT2D eigenvalue weighted by Crippen LogP contribution is 2.46. The van der Waals surface area contributed by atoms with E-state index in [9.17, 15) is 0 Å². The Hall–Kier alpha value is -11.9. The van der Waals surface area contributed by atoms with Gasteiger partial charge in [0.05, 0.1) is 42.7 Å². The van der Waals surface area contributed by atoms with Gasteiger partial charge in [-0.05, 0) is 121 Å². The normalized spacial score (nSPS) is 12.1. The van der Waals surface area contributed by atoms with Crippen LogP contribution >= 0.6 is 0 Å². The molecule has 6 aromatic heterocycles. The van der Waals surface area contributed by atoms with E-state index >= 15 is 0 Å². The fourth-order valence-electron chi connectivity index (χ4n) is 11.7. The zero-order valence-corrected chi connectivity index (χ0v) is 46.4. The van der Waals surface area contributed by atoms with Gasteiger partial charge in [-0.3, -0.25) is 0 Å². The van der Waals surface area contributed by atoms with E-state index in [1.54, 1.807) is 42.7 Å². The molecular formula is C64H42N16O6. The van der Waals surface area contributed by atoms with Gasteiger partial charge < -0.3 is 48.4 Å². The topological polar surface area (TPSA) is 273 Å². The zero-order valence-electron chi connectivity index (χ0n) is 46.4. The molecule has 0 saturated heterocycles. The van der Waals surface area contributed by atoms with Crippen molar-refractivity contribution in [2.45, 2.75) is 0 Å². The smallest absolute Gasteiger partial charge is 0.164 e. The zero-order chi connectivity index (χ0) is 57.6. The van der Waals surface area contributed by atoms with Crippen LogP contribution in [0.5, 0.6) is 34.5 Å². The van der Waals surface area contributed by atoms with Crippen LogP contribution < -0.4 is 28.4 Å². The summed E-state index contributed by atoms with van der Waals surface area (Å²) in [6.45, 7) is 0. The largest absolute Gasteiger partial charge is 0.497 e. The molecule has 0 spiro atoms. The molecular weight excluding hydrogens is 1090 g/mol. The second-order valence-corrected chi connectivity index (χ2v) is 20.6. The minimum atomic E-state index is 0.348. The fraction of sp³-hybridized carbons (Fsp3) is 0.0938. The van der Waals surface area contributed by atoms with E-state index in [2.05, 4.69) is 19.9 Å². The van der Waals surface area contributed by atoms with Crippen LogP contribution in [0.4, 0.5) is 0 Å². The van der Waals surface area contributed by atoms with Crippen molar-refractivity contribution in [1.29, 1.82) is 0 Å². The quantitative estimate of drug-likeness (QED) is 0.120. The molecule has 86 heavy (non-hydrogen) atoms. The minimum absolute atomic E-state index is 0.348. The molecule has 16 bridgehead atoms. The van der Waals surface area contributed by atoms with Gasteiger partial charge in [0.25, 0.3) is 0 Å². The lowest BCUT2D eigenvalue weighted by Gasteiger charge is -2.04. The maximum absolute atomic E-state index is 5.79. The van der Waals surface area contributed by atoms with Crippen LogP contribution in [0.3, 0.4) is 0 Å². The van der Waals surface area contributed by atoms with Crippen molar-refractivity contribution in [2.24, 2.45) is 0 Å². The van der Waals surface area contributed by atoms with Crippen molar-refractivity contribution in [3.63, 3.8) is 0 Å². The summed E-state index contributed by atoms with van der Waals surface area (Å²) in [7, 11) is 9.75. The summed E-state index contributed by atoms with van der Waals surface area (Å²) in [6, 6.07) is 38.4. The van der Waals surface area contributed by atoms with E-state index in [1.807, 2.05) is 121 Å². The fourth-order valence-corrected chi connectivity index (χ4v) is 11.7. The lowest BCUT2D eigenvalue weighted by molar-refractivity contribution is 0.415. The standard InChI is InChI=1S/C64H42N16O6/c1-81-27-7-13-33-39(19-27)55-67-49(33)65-51-35-15-9-29(83-3)21-41(35)59(69-51)77-63-47-26-46-48(25-45(47)61(79-63)73-53-37-17-11-31(85-5)23-43(37)57(71-53)75-55)64-78-60-42-22-30(84-4)10-16-36(42)52(70-60)66-50-34-14-8-28(82-2)20-40(34)56(68-50)76-58-44-24-32(86-6)12-18-38(44)54(72-58)74-62(46)80-64/h7-26H,1-6H3,(H2,65,67,69,71,73,75,77,79)(H2,66,68,70,72,74,76,78,80). The van der Waals surface area contributed by atoms with Gasteiger partial charge in [-0.25, -0.2) is 59.8 Å². The highest BCUT2D eigenvalue weighted by atomic mass is 16.5. The first-order valence-corrected chi connectivity index (χ1v) is 27.1. The molecule has 0 atom stereocenters. The molecule has 10 heterocycles. The van der Waals surface area contributed by atoms with Crippen molar-refractivity contribution in [3.05, 3.63) is 121 Å². The first kappa shape index (κ1) is 48.7. The lowest BCUT2D eigenvalue weighted by Crippen LogP contribution is -1.88. The van der Waals surface area contributed by atoms with E-state index < -0.39 is 0 Å². The number of H-pyrrole nitrogens is 4. The van der Waals surface area contributed by atoms with E-state index in [-0.39, 0.29) is 0 Å². The van der Waals surface area contributed by atoms with Gasteiger partial charge >= 0.3 is 0 Å². The van der Waals surface area contributed by atoms with E-state index in [4.69, 9.17) is 88.2 Å². The molecule has 17 rings (SSSR count). The number of fused-ring (bicyclic) bond motifs is 40. The lowest BCUT2D eigenvalue weighted by atomic mass is 9.99. The average Bonchev–Trinajstić information content (AvgIpc) is 2.52. The predicted molar refractivity (Wildman–Crippen MR) is 325 cm³/mol. The molecule has 414 valence electrons. The Labute approximate surface area is 484 Å². The third-order valence-corrected chi connectivity index (χ3v) is 16.0. The van der Waals surface area contributed by atoms with Crippen LogP contribution in [0.2, 0.25) is 0 Å². The van der Waals surface area contributed by atoms with E-state index in [1.165, 1.54) is 0 Å². The van der Waals surface area contributed by atoms with Crippen LogP contribution in [0, 0.1) is 0 Å². The number of hydrogen-bond donors (Lipinski definition) is 4. The van der Waals surface area contributed by atoms with Crippen molar-refractivity contribution in [2.75, 3.05) is 42.7 Å². The minimum Gasteiger partial charge on any atom is -0.497 e. The summed E-state index contributed by atoms with van der Waals surface area (Å²) >= 11 is 0. The second kappa shape index (κ2) is 18.3. The van der Waals surface area contributed by atoms with Crippen molar-refractivity contribution in [3.8, 4) is 126 Å². The highest BCUT2D eigenvalue weighted by Gasteiger charge is 2.30. The molecule has 4 N–H and O–H groups in total. The monoisotopic (exact) mass is 1130 g/mol. The molecule has 4 aliphatic heterocycles. The molecule has 7 aromatic carbocycles. The summed E-state index contributed by atoms with van der Waals surface area (Å²) in [4.78, 5) is 77.4. The molecule has 0 unspecified atom stereocenters. The average molecular weight is 1130 g/mol. The maximum Gasteiger partial charge on any atom is 0.164 e. The van der Waals surface area contributed by atoms with Crippen LogP contribution in [-0.2, 0) is 0 Å². The van der Waals surface area contributed by atoms with Crippen LogP contribution in [0.1, 0.15) is 0 Å². The summed E-state index contributed by atoms with van der Waals surface area (Å²) < 4.78 is 34.5. The van der Waals surface area contributed by atoms with Gasteiger partial charge in [-0.15, -0.1) is 0 Å². The number of aromatic nitrogens is 16. The number of nitrogens with zero attached hydrogens (tertiary/aromatic N) is 12. The summed E-state index contributed by atoms with van der Waals surface area (Å²) in [5.74, 6) is 6.86. The van der Waals surface area contributed by atoms with E-state index in [0.29, 0.717) is 149 Å². The Kier molecular flexibility index (Phi) is 10.4. The number of benzene rings is 7. The number of hydrogen-bond acceptors (Lipinski definition) is 18. The number of nitrogens with one attached hydrogen (secondary N) is 4. The van der Waals surface area contributed by atoms with Crippen LogP contribution in [-0.4, -0.2) is 122 Å². The number of ether oxygens (including phenoxy) is 6. The molecule has 4 aliphatic rings. The molecule has 0 aliphatic carbocycles. The Morgan fingerprint density at radius 3 is 0.640 bits per heavy atom. The molecule has 0 saturated carbocycles. The van der Waals surface area contributed by atoms with Gasteiger partial charge in [0, 0.05) is 87.6 Å². The molecule has 22 heteroatoms. The third kappa shape index (κ3) is 7.38. The number of methoxy groups -OCH3 is 6. The first-order chi connectivity index (χ1) is 42.2. The molecule has 22 nitrogen and oxygen atoms in total. The van der Waals surface area contributed by atoms with Gasteiger partial charge in [-0.2, -0.15) is 0 Å². The number of rotatable bonds is 6. The highest BCUT2D eigenvalue weighted by molar-refractivity contribution is 6.10. The Morgan fingerprint density at radius 1 is 0.198 bits per heavy atom. The van der Waals surface area contributed by atoms with Gasteiger partial charge in [0.2, 0.25) is 0 Å². The van der Waals surface area contributed by atoms with Gasteiger partial charge in [-0.1, -0.05) is 0 Å². The summed E-state index contributed by atoms with van der Waals surface area (Å²) in [5.41, 5.74) is 9.43. The Balaban J connectivity index is 0.991. The number of aromatic amines is 4. The SMILES string of the molecule is COc1ccc2c(c1)-c1nc-2nc2[nH]c(nc3nc(nc4[nH]c(n1)c1cc(OC)ccc41)-c1cc4c(cc1-3)-c1nc-4nc3[nH]c(nc4nc(nc5[nH]c(n1)c1ccc(OC)cc51)-c1cc(OC)ccc1-4)c1ccc(OC)cc31)c1cc(OC)ccc21.